The number of aromatic nitrogens is 5. The Balaban J connectivity index is 1.37. The van der Waals surface area contributed by atoms with Crippen LogP contribution >= 0.6 is 0 Å². The maximum absolute atomic E-state index is 14.4. The Kier molecular flexibility index (Phi) is 6.26. The smallest absolute Gasteiger partial charge is 0.280 e. The van der Waals surface area contributed by atoms with Gasteiger partial charge < -0.3 is 14.3 Å². The molecule has 41 heavy (non-hydrogen) atoms. The molecular weight excluding hydrogens is 521 g/mol. The number of aryl methyl sites for hydroxylation is 1. The van der Waals surface area contributed by atoms with Crippen molar-refractivity contribution in [1.82, 2.24) is 29.0 Å². The van der Waals surface area contributed by atoms with Gasteiger partial charge in [-0.3, -0.25) is 14.3 Å². The lowest BCUT2D eigenvalue weighted by Gasteiger charge is -2.25. The number of pyridine rings is 2. The number of rotatable bonds is 6. The average Bonchev–Trinajstić information content (AvgIpc) is 3.60. The van der Waals surface area contributed by atoms with Crippen molar-refractivity contribution >= 4 is 10.9 Å². The zero-order valence-corrected chi connectivity index (χ0v) is 22.6. The highest BCUT2D eigenvalue weighted by Crippen LogP contribution is 2.43. The van der Waals surface area contributed by atoms with Crippen molar-refractivity contribution in [1.29, 1.82) is 5.26 Å². The van der Waals surface area contributed by atoms with Gasteiger partial charge in [-0.2, -0.15) is 5.26 Å². The molecule has 9 nitrogen and oxygen atoms in total. The number of halogens is 1. The van der Waals surface area contributed by atoms with Crippen molar-refractivity contribution in [2.24, 2.45) is 7.05 Å². The lowest BCUT2D eigenvalue weighted by Crippen LogP contribution is -2.35. The second-order valence-corrected chi connectivity index (χ2v) is 10.8. The Morgan fingerprint density at radius 3 is 2.71 bits per heavy atom. The van der Waals surface area contributed by atoms with Gasteiger partial charge in [0.15, 0.2) is 0 Å². The van der Waals surface area contributed by atoms with Crippen LogP contribution in [0.4, 0.5) is 4.39 Å². The molecule has 1 saturated carbocycles. The van der Waals surface area contributed by atoms with E-state index in [1.54, 1.807) is 35.2 Å². The van der Waals surface area contributed by atoms with E-state index in [1.165, 1.54) is 12.1 Å². The number of fused-ring (bicyclic) bond motifs is 1. The number of benzene rings is 1. The SMILES string of the molecule is Cn1ccnc1-c1cc(F)ccc1-c1cc(C#N)nc(-n2cc(C3CC3)c3cc(CN4CCOCC4)[nH]c3c2=O)c1. The molecule has 1 aliphatic carbocycles. The fourth-order valence-corrected chi connectivity index (χ4v) is 5.70. The fourth-order valence-electron chi connectivity index (χ4n) is 5.70. The van der Waals surface area contributed by atoms with Crippen LogP contribution in [0.15, 0.2) is 59.8 Å². The van der Waals surface area contributed by atoms with Crippen molar-refractivity contribution in [2.45, 2.75) is 25.3 Å². The Morgan fingerprint density at radius 2 is 1.98 bits per heavy atom. The molecule has 0 radical (unpaired) electrons. The summed E-state index contributed by atoms with van der Waals surface area (Å²) in [5.74, 6) is 0.913. The summed E-state index contributed by atoms with van der Waals surface area (Å²) in [7, 11) is 1.84. The number of nitrogens with zero attached hydrogens (tertiary/aromatic N) is 6. The quantitative estimate of drug-likeness (QED) is 0.334. The molecule has 2 aliphatic rings. The summed E-state index contributed by atoms with van der Waals surface area (Å²) in [5.41, 5.74) is 4.47. The number of hydrogen-bond donors (Lipinski definition) is 1. The van der Waals surface area contributed by atoms with Gasteiger partial charge in [-0.25, -0.2) is 14.4 Å². The summed E-state index contributed by atoms with van der Waals surface area (Å²) in [6.45, 7) is 3.84. The van der Waals surface area contributed by atoms with E-state index in [4.69, 9.17) is 4.74 Å². The number of aromatic amines is 1. The van der Waals surface area contributed by atoms with Crippen LogP contribution in [0.2, 0.25) is 0 Å². The zero-order chi connectivity index (χ0) is 28.1. The van der Waals surface area contributed by atoms with Gasteiger partial charge in [0, 0.05) is 61.9 Å². The van der Waals surface area contributed by atoms with Crippen molar-refractivity contribution in [2.75, 3.05) is 26.3 Å². The lowest BCUT2D eigenvalue weighted by molar-refractivity contribution is 0.0337. The molecule has 1 N–H and O–H groups in total. The summed E-state index contributed by atoms with van der Waals surface area (Å²) in [4.78, 5) is 28.6. The third-order valence-electron chi connectivity index (χ3n) is 7.93. The Bertz CT molecular complexity index is 1890. The number of morpholine rings is 1. The predicted octanol–water partition coefficient (Wildman–Crippen LogP) is 4.50. The molecule has 0 amide bonds. The van der Waals surface area contributed by atoms with E-state index in [1.807, 2.05) is 17.8 Å². The van der Waals surface area contributed by atoms with Gasteiger partial charge in [0.1, 0.15) is 34.7 Å². The molecule has 5 aromatic rings. The summed E-state index contributed by atoms with van der Waals surface area (Å²) in [6.07, 6.45) is 7.46. The Labute approximate surface area is 235 Å². The van der Waals surface area contributed by atoms with Crippen LogP contribution in [0.1, 0.15) is 35.7 Å². The van der Waals surface area contributed by atoms with Gasteiger partial charge in [0.25, 0.3) is 5.56 Å². The third kappa shape index (κ3) is 4.73. The molecule has 10 heteroatoms. The van der Waals surface area contributed by atoms with E-state index in [0.717, 1.165) is 42.6 Å². The molecule has 4 aromatic heterocycles. The zero-order valence-electron chi connectivity index (χ0n) is 22.6. The van der Waals surface area contributed by atoms with E-state index in [0.29, 0.717) is 59.5 Å². The van der Waals surface area contributed by atoms with E-state index in [9.17, 15) is 14.4 Å². The van der Waals surface area contributed by atoms with Gasteiger partial charge >= 0.3 is 0 Å². The van der Waals surface area contributed by atoms with Gasteiger partial charge in [0.05, 0.1) is 13.2 Å². The third-order valence-corrected chi connectivity index (χ3v) is 7.93. The van der Waals surface area contributed by atoms with Gasteiger partial charge in [0.2, 0.25) is 0 Å². The summed E-state index contributed by atoms with van der Waals surface area (Å²) >= 11 is 0. The first kappa shape index (κ1) is 25.4. The summed E-state index contributed by atoms with van der Waals surface area (Å²) in [6, 6.07) is 12.2. The van der Waals surface area contributed by atoms with Crippen LogP contribution < -0.4 is 5.56 Å². The molecule has 1 aromatic carbocycles. The Morgan fingerprint density at radius 1 is 1.15 bits per heavy atom. The van der Waals surface area contributed by atoms with E-state index < -0.39 is 5.82 Å². The molecule has 1 aliphatic heterocycles. The second kappa shape index (κ2) is 10.1. The number of nitrogens with one attached hydrogen (secondary N) is 1. The van der Waals surface area contributed by atoms with Gasteiger partial charge in [-0.1, -0.05) is 6.07 Å². The molecule has 5 heterocycles. The van der Waals surface area contributed by atoms with Crippen molar-refractivity contribution in [3.8, 4) is 34.4 Å². The topological polar surface area (TPSA) is 105 Å². The van der Waals surface area contributed by atoms with Crippen molar-refractivity contribution < 1.29 is 9.13 Å². The number of H-pyrrole nitrogens is 1. The lowest BCUT2D eigenvalue weighted by atomic mass is 9.98. The van der Waals surface area contributed by atoms with Gasteiger partial charge in [-0.15, -0.1) is 0 Å². The molecule has 7 rings (SSSR count). The average molecular weight is 550 g/mol. The fraction of sp³-hybridized carbons (Fsp3) is 0.290. The molecule has 1 saturated heterocycles. The Hall–Kier alpha value is -4.59. The first-order valence-electron chi connectivity index (χ1n) is 13.8. The second-order valence-electron chi connectivity index (χ2n) is 10.8. The molecule has 0 spiro atoms. The van der Waals surface area contributed by atoms with E-state index in [2.05, 4.69) is 32.0 Å². The van der Waals surface area contributed by atoms with E-state index in [-0.39, 0.29) is 11.3 Å². The highest BCUT2D eigenvalue weighted by atomic mass is 19.1. The summed E-state index contributed by atoms with van der Waals surface area (Å²) < 4.78 is 23.2. The van der Waals surface area contributed by atoms with Crippen molar-refractivity contribution in [3.05, 3.63) is 88.1 Å². The van der Waals surface area contributed by atoms with Crippen LogP contribution in [0.3, 0.4) is 0 Å². The maximum Gasteiger partial charge on any atom is 0.280 e. The number of ether oxygens (including phenoxy) is 1. The summed E-state index contributed by atoms with van der Waals surface area (Å²) in [5, 5.41) is 10.8. The molecule has 206 valence electrons. The van der Waals surface area contributed by atoms with Crippen LogP contribution in [-0.4, -0.2) is 55.3 Å². The van der Waals surface area contributed by atoms with Crippen LogP contribution in [-0.2, 0) is 18.3 Å². The standard InChI is InChI=1S/C31H28FN7O2/c1-37-7-6-34-30(37)26-14-21(32)4-5-24(26)20-12-22(16-33)35-28(13-20)39-18-27(19-2-3-19)25-15-23(36-29(25)31(39)40)17-38-8-10-41-11-9-38/h4-7,12-15,18-19,36H,2-3,8-11,17H2,1H3. The molecule has 0 atom stereocenters. The minimum Gasteiger partial charge on any atom is -0.379 e. The van der Waals surface area contributed by atoms with Crippen LogP contribution in [0, 0.1) is 17.1 Å². The van der Waals surface area contributed by atoms with Crippen molar-refractivity contribution in [3.63, 3.8) is 0 Å². The van der Waals surface area contributed by atoms with Crippen LogP contribution in [0.25, 0.3) is 39.2 Å². The largest absolute Gasteiger partial charge is 0.379 e. The molecule has 0 unspecified atom stereocenters. The molecule has 0 bridgehead atoms. The van der Waals surface area contributed by atoms with Gasteiger partial charge in [-0.05, 0) is 65.8 Å². The normalized spacial score (nSPS) is 15.8. The highest BCUT2D eigenvalue weighted by Gasteiger charge is 2.28. The maximum atomic E-state index is 14.4. The van der Waals surface area contributed by atoms with Crippen LogP contribution in [0.5, 0.6) is 0 Å². The van der Waals surface area contributed by atoms with E-state index >= 15 is 0 Å². The highest BCUT2D eigenvalue weighted by molar-refractivity contribution is 5.85. The molecule has 2 fully saturated rings. The predicted molar refractivity (Wildman–Crippen MR) is 152 cm³/mol. The number of hydrogen-bond acceptors (Lipinski definition) is 6. The molecular formula is C31H28FN7O2. The minimum atomic E-state index is -0.392. The number of nitriles is 1. The first-order valence-corrected chi connectivity index (χ1v) is 13.8. The number of imidazole rings is 1. The monoisotopic (exact) mass is 549 g/mol. The first-order chi connectivity index (χ1) is 20.0. The minimum absolute atomic E-state index is 0.159.